The molecule has 1 saturated heterocycles. The second-order valence-corrected chi connectivity index (χ2v) is 14.7. The molecule has 1 aliphatic heterocycles. The molecule has 4 heterocycles. The van der Waals surface area contributed by atoms with Gasteiger partial charge in [0.2, 0.25) is 0 Å². The molecular formula is C26H28F3N7O2SSe. The summed E-state index contributed by atoms with van der Waals surface area (Å²) in [5, 5.41) is 11.3. The number of hydrogen-bond donors (Lipinski definition) is 2. The van der Waals surface area contributed by atoms with Crippen LogP contribution in [0.25, 0.3) is 27.2 Å². The molecule has 2 N–H and O–H groups in total. The Morgan fingerprint density at radius 1 is 1.12 bits per heavy atom. The molecule has 1 aromatic carbocycles. The molecule has 40 heavy (non-hydrogen) atoms. The molecule has 0 amide bonds. The van der Waals surface area contributed by atoms with Crippen LogP contribution < -0.4 is 14.9 Å². The molecular weight excluding hydrogens is 610 g/mol. The standard InChI is InChI=1S/C26H28F3N7O2SSe/c1-14-11-35(12-15(2)30-14)19-10-18(39(37,38)34-26(3)8-9-26)13-36-21(24-32-33-25(40-24)22(28)29)20(31-23(19)36)16-4-6-17(27)7-5-16/h4-7,10,13-15,22,30,34H,8-9,11-12H2,1-3H3/t14-,15-/m0/s1. The zero-order chi connectivity index (χ0) is 28.4. The zero-order valence-corrected chi connectivity index (χ0v) is 24.6. The van der Waals surface area contributed by atoms with Crippen molar-refractivity contribution in [3.63, 3.8) is 0 Å². The van der Waals surface area contributed by atoms with E-state index >= 15 is 0 Å². The molecule has 1 aliphatic carbocycles. The van der Waals surface area contributed by atoms with Crippen molar-refractivity contribution in [2.45, 2.75) is 62.6 Å². The Hall–Kier alpha value is -2.77. The third kappa shape index (κ3) is 5.18. The van der Waals surface area contributed by atoms with Gasteiger partial charge in [0.1, 0.15) is 0 Å². The van der Waals surface area contributed by atoms with Gasteiger partial charge in [0.05, 0.1) is 0 Å². The third-order valence-electron chi connectivity index (χ3n) is 7.21. The number of benzene rings is 1. The van der Waals surface area contributed by atoms with Crippen LogP contribution in [0.5, 0.6) is 0 Å². The van der Waals surface area contributed by atoms with Crippen LogP contribution in [0, 0.1) is 5.82 Å². The molecule has 212 valence electrons. The Morgan fingerprint density at radius 3 is 2.40 bits per heavy atom. The Balaban J connectivity index is 1.64. The van der Waals surface area contributed by atoms with E-state index < -0.39 is 42.3 Å². The maximum atomic E-state index is 13.8. The van der Waals surface area contributed by atoms with Crippen molar-refractivity contribution in [1.29, 1.82) is 0 Å². The predicted molar refractivity (Wildman–Crippen MR) is 146 cm³/mol. The number of imidazole rings is 1. The number of hydrogen-bond acceptors (Lipinski definition) is 7. The van der Waals surface area contributed by atoms with E-state index in [1.165, 1.54) is 18.3 Å². The summed E-state index contributed by atoms with van der Waals surface area (Å²) in [4.78, 5) is 7.04. The predicted octanol–water partition coefficient (Wildman–Crippen LogP) is 3.61. The van der Waals surface area contributed by atoms with Crippen molar-refractivity contribution >= 4 is 35.9 Å². The molecule has 9 nitrogen and oxygen atoms in total. The quantitative estimate of drug-likeness (QED) is 0.298. The second-order valence-electron chi connectivity index (χ2n) is 10.9. The van der Waals surface area contributed by atoms with E-state index in [9.17, 15) is 21.6 Å². The summed E-state index contributed by atoms with van der Waals surface area (Å²) < 4.78 is 72.6. The van der Waals surface area contributed by atoms with Gasteiger partial charge in [-0.2, -0.15) is 0 Å². The fourth-order valence-corrected chi connectivity index (χ4v) is 8.15. The van der Waals surface area contributed by atoms with E-state index in [0.717, 1.165) is 12.8 Å². The van der Waals surface area contributed by atoms with Gasteiger partial charge in [-0.25, -0.2) is 0 Å². The number of halogens is 3. The van der Waals surface area contributed by atoms with E-state index in [1.807, 2.05) is 6.92 Å². The first-order chi connectivity index (χ1) is 18.9. The Labute approximate surface area is 235 Å². The fraction of sp³-hybridized carbons (Fsp3) is 0.423. The summed E-state index contributed by atoms with van der Waals surface area (Å²) >= 11 is -0.911. The number of nitrogens with one attached hydrogen (secondary N) is 2. The molecule has 3 aromatic heterocycles. The first-order valence-electron chi connectivity index (χ1n) is 12.9. The first kappa shape index (κ1) is 27.4. The monoisotopic (exact) mass is 639 g/mol. The molecule has 14 heteroatoms. The molecule has 0 spiro atoms. The fourth-order valence-electron chi connectivity index (χ4n) is 5.11. The average molecular weight is 639 g/mol. The van der Waals surface area contributed by atoms with Gasteiger partial charge < -0.3 is 0 Å². The van der Waals surface area contributed by atoms with Crippen LogP contribution >= 0.6 is 0 Å². The number of anilines is 1. The number of sulfonamides is 1. The molecule has 0 unspecified atom stereocenters. The van der Waals surface area contributed by atoms with Gasteiger partial charge in [0.15, 0.2) is 0 Å². The van der Waals surface area contributed by atoms with Gasteiger partial charge in [0, 0.05) is 0 Å². The summed E-state index contributed by atoms with van der Waals surface area (Å²) in [7, 11) is -3.93. The number of fused-ring (bicyclic) bond motifs is 1. The SMILES string of the molecule is C[C@H]1CN(c2cc(S(=O)(=O)NC3(C)CC3)cn3c(-c4nnc(C(F)F)[se]4)c(-c4ccc(F)cc4)nc23)C[C@H](C)N1. The molecule has 2 aliphatic rings. The van der Waals surface area contributed by atoms with Crippen LogP contribution in [0.2, 0.25) is 0 Å². The summed E-state index contributed by atoms with van der Waals surface area (Å²) in [6, 6.07) is 7.58. The van der Waals surface area contributed by atoms with Crippen molar-refractivity contribution in [1.82, 2.24) is 29.6 Å². The topological polar surface area (TPSA) is 105 Å². The van der Waals surface area contributed by atoms with Crippen LogP contribution in [-0.4, -0.2) is 73.2 Å². The summed E-state index contributed by atoms with van der Waals surface area (Å²) in [6.07, 6.45) is 0.197. The molecule has 1 saturated carbocycles. The van der Waals surface area contributed by atoms with Crippen molar-refractivity contribution < 1.29 is 21.6 Å². The molecule has 0 bridgehead atoms. The number of aromatic nitrogens is 4. The number of rotatable bonds is 7. The molecule has 4 aromatic rings. The third-order valence-corrected chi connectivity index (χ3v) is 10.8. The van der Waals surface area contributed by atoms with E-state index in [1.54, 1.807) is 22.6 Å². The van der Waals surface area contributed by atoms with Gasteiger partial charge in [0.25, 0.3) is 0 Å². The number of alkyl halides is 2. The van der Waals surface area contributed by atoms with Crippen LogP contribution in [0.4, 0.5) is 18.9 Å². The summed E-state index contributed by atoms with van der Waals surface area (Å²) in [5.41, 5.74) is 1.86. The zero-order valence-electron chi connectivity index (χ0n) is 22.0. The summed E-state index contributed by atoms with van der Waals surface area (Å²) in [5.74, 6) is -0.433. The molecule has 0 radical (unpaired) electrons. The van der Waals surface area contributed by atoms with Crippen molar-refractivity contribution in [3.8, 4) is 21.5 Å². The Kier molecular flexibility index (Phi) is 6.82. The first-order valence-corrected chi connectivity index (χ1v) is 16.1. The number of nitrogens with zero attached hydrogens (tertiary/aromatic N) is 5. The van der Waals surface area contributed by atoms with Crippen molar-refractivity contribution in [3.05, 3.63) is 46.9 Å². The van der Waals surface area contributed by atoms with Crippen molar-refractivity contribution in [2.24, 2.45) is 0 Å². The normalized spacial score (nSPS) is 20.9. The van der Waals surface area contributed by atoms with Gasteiger partial charge in [-0.1, -0.05) is 0 Å². The second kappa shape index (κ2) is 9.95. The van der Waals surface area contributed by atoms with Crippen LogP contribution in [0.15, 0.2) is 41.4 Å². The van der Waals surface area contributed by atoms with Crippen LogP contribution in [-0.2, 0) is 10.0 Å². The van der Waals surface area contributed by atoms with Crippen molar-refractivity contribution in [2.75, 3.05) is 18.0 Å². The minimum atomic E-state index is -3.93. The number of pyridine rings is 1. The van der Waals surface area contributed by atoms with E-state index in [4.69, 9.17) is 4.98 Å². The van der Waals surface area contributed by atoms with E-state index in [2.05, 4.69) is 39.0 Å². The van der Waals surface area contributed by atoms with Crippen LogP contribution in [0.3, 0.4) is 0 Å². The Bertz CT molecular complexity index is 1680. The minimum absolute atomic E-state index is 0.0346. The maximum absolute atomic E-state index is 13.8. The van der Waals surface area contributed by atoms with E-state index in [0.29, 0.717) is 45.9 Å². The Morgan fingerprint density at radius 2 is 1.80 bits per heavy atom. The van der Waals surface area contributed by atoms with Gasteiger partial charge in [-0.15, -0.1) is 0 Å². The van der Waals surface area contributed by atoms with Crippen LogP contribution in [0.1, 0.15) is 44.6 Å². The molecule has 6 rings (SSSR count). The van der Waals surface area contributed by atoms with Gasteiger partial charge >= 0.3 is 236 Å². The van der Waals surface area contributed by atoms with E-state index in [-0.39, 0.29) is 21.5 Å². The number of piperazine rings is 1. The summed E-state index contributed by atoms with van der Waals surface area (Å²) in [6.45, 7) is 7.17. The van der Waals surface area contributed by atoms with Gasteiger partial charge in [-0.3, -0.25) is 0 Å². The average Bonchev–Trinajstić information content (AvgIpc) is 3.27. The van der Waals surface area contributed by atoms with Gasteiger partial charge in [-0.05, 0) is 0 Å². The molecule has 2 atom stereocenters. The molecule has 2 fully saturated rings.